The molecule has 0 heterocycles. The Morgan fingerprint density at radius 1 is 1.42 bits per heavy atom. The third kappa shape index (κ3) is 4.06. The summed E-state index contributed by atoms with van der Waals surface area (Å²) in [4.78, 5) is 10.6. The first-order valence-corrected chi connectivity index (χ1v) is 6.23. The molecule has 0 aliphatic heterocycles. The lowest BCUT2D eigenvalue weighted by molar-refractivity contribution is 0.133. The fraction of sp³-hybridized carbons (Fsp3) is 0.429. The Morgan fingerprint density at radius 3 is 2.68 bits per heavy atom. The number of carbonyl (C=O) groups excluding carboxylic acids is 1. The summed E-state index contributed by atoms with van der Waals surface area (Å²) in [5, 5.41) is 3.82. The van der Waals surface area contributed by atoms with Crippen molar-refractivity contribution in [3.63, 3.8) is 0 Å². The number of ether oxygens (including phenoxy) is 1. The number of hydrazone groups is 1. The molecule has 2 amide bonds. The third-order valence-electron chi connectivity index (χ3n) is 3.01. The van der Waals surface area contributed by atoms with E-state index in [4.69, 9.17) is 10.5 Å². The zero-order chi connectivity index (χ0) is 14.4. The highest BCUT2D eigenvalue weighted by Gasteiger charge is 2.09. The maximum atomic E-state index is 10.6. The van der Waals surface area contributed by atoms with Crippen molar-refractivity contribution >= 4 is 12.2 Å². The summed E-state index contributed by atoms with van der Waals surface area (Å²) in [7, 11) is 0. The molecule has 3 N–H and O–H groups in total. The molecule has 0 saturated heterocycles. The van der Waals surface area contributed by atoms with Gasteiger partial charge in [0.2, 0.25) is 0 Å². The summed E-state index contributed by atoms with van der Waals surface area (Å²) < 4.78 is 5.48. The minimum Gasteiger partial charge on any atom is -0.377 e. The number of benzene rings is 1. The van der Waals surface area contributed by atoms with E-state index < -0.39 is 6.03 Å². The summed E-state index contributed by atoms with van der Waals surface area (Å²) in [6.07, 6.45) is 1.62. The van der Waals surface area contributed by atoms with Crippen LogP contribution in [-0.4, -0.2) is 18.9 Å². The van der Waals surface area contributed by atoms with Gasteiger partial charge in [0, 0.05) is 12.2 Å². The van der Waals surface area contributed by atoms with Gasteiger partial charge in [0.25, 0.3) is 0 Å². The topological polar surface area (TPSA) is 76.7 Å². The predicted octanol–water partition coefficient (Wildman–Crippen LogP) is 2.15. The highest BCUT2D eigenvalue weighted by molar-refractivity contribution is 5.85. The van der Waals surface area contributed by atoms with Gasteiger partial charge >= 0.3 is 6.03 Å². The number of nitrogens with zero attached hydrogens (tertiary/aromatic N) is 1. The zero-order valence-electron chi connectivity index (χ0n) is 11.9. The van der Waals surface area contributed by atoms with Crippen molar-refractivity contribution in [3.05, 3.63) is 33.9 Å². The lowest BCUT2D eigenvalue weighted by atomic mass is 9.94. The van der Waals surface area contributed by atoms with Crippen LogP contribution in [0, 0.1) is 20.8 Å². The van der Waals surface area contributed by atoms with Crippen molar-refractivity contribution < 1.29 is 9.53 Å². The van der Waals surface area contributed by atoms with E-state index in [2.05, 4.69) is 23.5 Å². The first-order valence-electron chi connectivity index (χ1n) is 6.23. The van der Waals surface area contributed by atoms with Gasteiger partial charge in [0.05, 0.1) is 12.8 Å². The van der Waals surface area contributed by atoms with Gasteiger partial charge in [-0.15, -0.1) is 0 Å². The van der Waals surface area contributed by atoms with Crippen LogP contribution in [0.2, 0.25) is 0 Å². The molecule has 0 radical (unpaired) electrons. The monoisotopic (exact) mass is 263 g/mol. The number of urea groups is 1. The van der Waals surface area contributed by atoms with Crippen molar-refractivity contribution in [2.45, 2.75) is 34.3 Å². The lowest BCUT2D eigenvalue weighted by Crippen LogP contribution is -2.24. The molecular weight excluding hydrogens is 242 g/mol. The normalized spacial score (nSPS) is 10.9. The summed E-state index contributed by atoms with van der Waals surface area (Å²) in [5.74, 6) is 0. The maximum absolute atomic E-state index is 10.6. The van der Waals surface area contributed by atoms with Crippen molar-refractivity contribution in [2.75, 3.05) is 6.61 Å². The molecule has 0 saturated carbocycles. The minimum atomic E-state index is -0.673. The van der Waals surface area contributed by atoms with E-state index in [9.17, 15) is 4.79 Å². The number of amides is 2. The van der Waals surface area contributed by atoms with Crippen LogP contribution in [0.25, 0.3) is 0 Å². The van der Waals surface area contributed by atoms with E-state index in [1.54, 1.807) is 6.21 Å². The van der Waals surface area contributed by atoms with Crippen molar-refractivity contribution in [2.24, 2.45) is 10.8 Å². The van der Waals surface area contributed by atoms with E-state index in [-0.39, 0.29) is 0 Å². The Balaban J connectivity index is 3.09. The Labute approximate surface area is 113 Å². The largest absolute Gasteiger partial charge is 0.377 e. The molecule has 0 atom stereocenters. The number of hydrogen-bond donors (Lipinski definition) is 2. The van der Waals surface area contributed by atoms with Gasteiger partial charge in [-0.05, 0) is 49.9 Å². The van der Waals surface area contributed by atoms with Crippen molar-refractivity contribution in [1.82, 2.24) is 5.43 Å². The Morgan fingerprint density at radius 2 is 2.11 bits per heavy atom. The van der Waals surface area contributed by atoms with Gasteiger partial charge in [0.15, 0.2) is 0 Å². The second kappa shape index (κ2) is 6.89. The van der Waals surface area contributed by atoms with Crippen LogP contribution < -0.4 is 11.2 Å². The summed E-state index contributed by atoms with van der Waals surface area (Å²) in [6, 6.07) is 1.42. The molecule has 0 bridgehead atoms. The van der Waals surface area contributed by atoms with Crippen molar-refractivity contribution in [1.29, 1.82) is 0 Å². The summed E-state index contributed by atoms with van der Waals surface area (Å²) >= 11 is 0. The van der Waals surface area contributed by atoms with Crippen LogP contribution >= 0.6 is 0 Å². The number of nitrogens with one attached hydrogen (secondary N) is 1. The molecule has 104 valence electrons. The molecule has 0 aliphatic rings. The summed E-state index contributed by atoms with van der Waals surface area (Å²) in [5.41, 5.74) is 12.7. The molecule has 19 heavy (non-hydrogen) atoms. The van der Waals surface area contributed by atoms with Gasteiger partial charge in [-0.3, -0.25) is 0 Å². The Bertz CT molecular complexity index is 496. The number of aryl methyl sites for hydroxylation is 2. The minimum absolute atomic E-state index is 0.582. The van der Waals surface area contributed by atoms with Gasteiger partial charge < -0.3 is 10.5 Å². The van der Waals surface area contributed by atoms with Crippen LogP contribution in [0.1, 0.15) is 34.7 Å². The SMILES string of the molecule is CCOCc1c(C)cc(C)c(C=NNC(N)=O)c1C. The fourth-order valence-electron chi connectivity index (χ4n) is 2.03. The van der Waals surface area contributed by atoms with Crippen LogP contribution in [0.15, 0.2) is 11.2 Å². The van der Waals surface area contributed by atoms with Crippen LogP contribution in [0.3, 0.4) is 0 Å². The predicted molar refractivity (Wildman–Crippen MR) is 76.3 cm³/mol. The number of rotatable bonds is 5. The number of primary amides is 1. The average molecular weight is 263 g/mol. The molecule has 5 nitrogen and oxygen atoms in total. The van der Waals surface area contributed by atoms with Gasteiger partial charge in [0.1, 0.15) is 0 Å². The molecule has 0 unspecified atom stereocenters. The maximum Gasteiger partial charge on any atom is 0.332 e. The smallest absolute Gasteiger partial charge is 0.332 e. The number of nitrogens with two attached hydrogens (primary N) is 1. The molecule has 0 aliphatic carbocycles. The average Bonchev–Trinajstić information content (AvgIpc) is 2.32. The number of hydrogen-bond acceptors (Lipinski definition) is 3. The zero-order valence-corrected chi connectivity index (χ0v) is 11.9. The fourth-order valence-corrected chi connectivity index (χ4v) is 2.03. The first-order chi connectivity index (χ1) is 8.97. The van der Waals surface area contributed by atoms with E-state index in [0.29, 0.717) is 13.2 Å². The second-order valence-electron chi connectivity index (χ2n) is 4.40. The van der Waals surface area contributed by atoms with Gasteiger partial charge in [-0.1, -0.05) is 6.07 Å². The molecular formula is C14H21N3O2. The van der Waals surface area contributed by atoms with Crippen LogP contribution in [-0.2, 0) is 11.3 Å². The van der Waals surface area contributed by atoms with Crippen molar-refractivity contribution in [3.8, 4) is 0 Å². The van der Waals surface area contributed by atoms with E-state index in [0.717, 1.165) is 22.3 Å². The lowest BCUT2D eigenvalue weighted by Gasteiger charge is -2.15. The van der Waals surface area contributed by atoms with Crippen LogP contribution in [0.4, 0.5) is 4.79 Å². The van der Waals surface area contributed by atoms with E-state index in [1.807, 2.05) is 20.8 Å². The Hall–Kier alpha value is -1.88. The quantitative estimate of drug-likeness (QED) is 0.630. The molecule has 1 aromatic rings. The molecule has 0 aromatic heterocycles. The summed E-state index contributed by atoms with van der Waals surface area (Å²) in [6.45, 7) is 9.34. The molecule has 5 heteroatoms. The first kappa shape index (κ1) is 15.2. The highest BCUT2D eigenvalue weighted by atomic mass is 16.5. The van der Waals surface area contributed by atoms with E-state index in [1.165, 1.54) is 5.56 Å². The molecule has 1 rings (SSSR count). The molecule has 0 spiro atoms. The van der Waals surface area contributed by atoms with E-state index >= 15 is 0 Å². The van der Waals surface area contributed by atoms with Gasteiger partial charge in [-0.2, -0.15) is 5.10 Å². The number of carbonyl (C=O) groups is 1. The Kier molecular flexibility index (Phi) is 5.51. The van der Waals surface area contributed by atoms with Gasteiger partial charge in [-0.25, -0.2) is 10.2 Å². The second-order valence-corrected chi connectivity index (χ2v) is 4.40. The molecule has 1 aromatic carbocycles. The molecule has 0 fully saturated rings. The standard InChI is InChI=1S/C14H21N3O2/c1-5-19-8-13-10(3)6-9(2)12(11(13)4)7-16-17-14(15)18/h6-7H,5,8H2,1-4H3,(H3,15,17,18). The third-order valence-corrected chi connectivity index (χ3v) is 3.01. The highest BCUT2D eigenvalue weighted by Crippen LogP contribution is 2.21. The van der Waals surface area contributed by atoms with Crippen LogP contribution in [0.5, 0.6) is 0 Å².